The van der Waals surface area contributed by atoms with Gasteiger partial charge in [0, 0.05) is 7.11 Å². The molecule has 102 valence electrons. The number of nitrogens with two attached hydrogens (primary N) is 1. The van der Waals surface area contributed by atoms with Crippen molar-refractivity contribution in [1.29, 1.82) is 0 Å². The van der Waals surface area contributed by atoms with Crippen LogP contribution in [0.25, 0.3) is 0 Å². The van der Waals surface area contributed by atoms with Gasteiger partial charge in [-0.2, -0.15) is 9.97 Å². The number of rotatable bonds is 8. The second kappa shape index (κ2) is 7.62. The van der Waals surface area contributed by atoms with Crippen molar-refractivity contribution in [2.75, 3.05) is 39.8 Å². The van der Waals surface area contributed by atoms with Crippen LogP contribution in [0, 0.1) is 0 Å². The third-order valence-corrected chi connectivity index (χ3v) is 2.18. The van der Waals surface area contributed by atoms with E-state index >= 15 is 0 Å². The van der Waals surface area contributed by atoms with Gasteiger partial charge in [0.2, 0.25) is 5.95 Å². The Labute approximate surface area is 106 Å². The van der Waals surface area contributed by atoms with Gasteiger partial charge in [0.05, 0.1) is 26.9 Å². The maximum absolute atomic E-state index is 5.53. The highest BCUT2D eigenvalue weighted by Crippen LogP contribution is 2.13. The van der Waals surface area contributed by atoms with Crippen LogP contribution in [0.5, 0.6) is 12.0 Å². The number of nitrogens with zero attached hydrogens (tertiary/aromatic N) is 3. The Bertz CT molecular complexity index is 335. The molecule has 0 aliphatic rings. The maximum Gasteiger partial charge on any atom is 0.324 e. The highest BCUT2D eigenvalue weighted by Gasteiger charge is 2.12. The molecule has 0 aliphatic carbocycles. The van der Waals surface area contributed by atoms with Crippen molar-refractivity contribution in [1.82, 2.24) is 15.0 Å². The lowest BCUT2D eigenvalue weighted by molar-refractivity contribution is 0.183. The number of aromatic nitrogens is 3. The van der Waals surface area contributed by atoms with E-state index in [9.17, 15) is 0 Å². The molecule has 1 aromatic rings. The molecule has 0 bridgehead atoms. The van der Waals surface area contributed by atoms with E-state index in [1.54, 1.807) is 7.11 Å². The fraction of sp³-hybridized carbons (Fsp3) is 0.700. The molecule has 1 heterocycles. The van der Waals surface area contributed by atoms with Gasteiger partial charge < -0.3 is 25.3 Å². The Kier molecular flexibility index (Phi) is 6.09. The largest absolute Gasteiger partial charge is 0.467 e. The molecule has 0 saturated heterocycles. The number of ether oxygens (including phenoxy) is 3. The predicted molar refractivity (Wildman–Crippen MR) is 65.9 cm³/mol. The molecule has 1 rings (SSSR count). The van der Waals surface area contributed by atoms with E-state index in [-0.39, 0.29) is 18.1 Å². The summed E-state index contributed by atoms with van der Waals surface area (Å²) in [6.07, 6.45) is 0.740. The summed E-state index contributed by atoms with van der Waals surface area (Å²) in [4.78, 5) is 12.1. The average Bonchev–Trinajstić information content (AvgIpc) is 2.38. The van der Waals surface area contributed by atoms with Gasteiger partial charge in [0.1, 0.15) is 0 Å². The summed E-state index contributed by atoms with van der Waals surface area (Å²) in [5, 5.41) is 3.10. The Morgan fingerprint density at radius 1 is 1.11 bits per heavy atom. The Hall–Kier alpha value is -1.67. The van der Waals surface area contributed by atoms with E-state index in [0.29, 0.717) is 19.1 Å². The quantitative estimate of drug-likeness (QED) is 0.652. The fourth-order valence-corrected chi connectivity index (χ4v) is 1.37. The molecule has 1 unspecified atom stereocenters. The van der Waals surface area contributed by atoms with E-state index in [1.807, 2.05) is 0 Å². The van der Waals surface area contributed by atoms with Crippen LogP contribution < -0.4 is 20.5 Å². The molecule has 8 nitrogen and oxygen atoms in total. The van der Waals surface area contributed by atoms with Gasteiger partial charge in [0.15, 0.2) is 0 Å². The summed E-state index contributed by atoms with van der Waals surface area (Å²) >= 11 is 0. The van der Waals surface area contributed by atoms with Gasteiger partial charge in [-0.1, -0.05) is 0 Å². The number of methoxy groups -OCH3 is 3. The minimum Gasteiger partial charge on any atom is -0.467 e. The molecule has 0 aliphatic heterocycles. The third-order valence-electron chi connectivity index (χ3n) is 2.18. The Balaban J connectivity index is 2.80. The van der Waals surface area contributed by atoms with E-state index in [4.69, 9.17) is 19.9 Å². The minimum atomic E-state index is 0.0248. The second-order valence-electron chi connectivity index (χ2n) is 3.51. The molecule has 1 aromatic heterocycles. The van der Waals surface area contributed by atoms with Crippen LogP contribution in [0.3, 0.4) is 0 Å². The number of nitrogens with one attached hydrogen (secondary N) is 1. The van der Waals surface area contributed by atoms with E-state index in [1.165, 1.54) is 14.2 Å². The van der Waals surface area contributed by atoms with Crippen molar-refractivity contribution in [3.63, 3.8) is 0 Å². The molecule has 0 aromatic carbocycles. The molecule has 8 heteroatoms. The van der Waals surface area contributed by atoms with Crippen LogP contribution in [0.4, 0.5) is 5.95 Å². The van der Waals surface area contributed by atoms with Crippen molar-refractivity contribution in [2.24, 2.45) is 5.73 Å². The first-order valence-corrected chi connectivity index (χ1v) is 5.53. The zero-order valence-corrected chi connectivity index (χ0v) is 10.8. The molecule has 1 atom stereocenters. The van der Waals surface area contributed by atoms with Gasteiger partial charge in [-0.3, -0.25) is 0 Å². The average molecular weight is 257 g/mol. The summed E-state index contributed by atoms with van der Waals surface area (Å²) in [6.45, 7) is 1.05. The lowest BCUT2D eigenvalue weighted by Gasteiger charge is -2.17. The molecule has 18 heavy (non-hydrogen) atoms. The van der Waals surface area contributed by atoms with Crippen molar-refractivity contribution >= 4 is 5.95 Å². The second-order valence-corrected chi connectivity index (χ2v) is 3.51. The van der Waals surface area contributed by atoms with E-state index < -0.39 is 0 Å². The molecule has 3 N–H and O–H groups in total. The minimum absolute atomic E-state index is 0.0248. The summed E-state index contributed by atoms with van der Waals surface area (Å²) in [5.41, 5.74) is 5.53. The van der Waals surface area contributed by atoms with Crippen molar-refractivity contribution < 1.29 is 14.2 Å². The number of hydrogen-bond donors (Lipinski definition) is 2. The van der Waals surface area contributed by atoms with Gasteiger partial charge in [-0.15, -0.1) is 4.98 Å². The van der Waals surface area contributed by atoms with Gasteiger partial charge in [-0.25, -0.2) is 0 Å². The summed E-state index contributed by atoms with van der Waals surface area (Å²) in [7, 11) is 4.58. The molecular weight excluding hydrogens is 238 g/mol. The van der Waals surface area contributed by atoms with Crippen LogP contribution in [-0.4, -0.2) is 55.5 Å². The van der Waals surface area contributed by atoms with Crippen LogP contribution >= 0.6 is 0 Å². The molecule has 0 radical (unpaired) electrons. The van der Waals surface area contributed by atoms with Crippen molar-refractivity contribution in [2.45, 2.75) is 12.5 Å². The summed E-state index contributed by atoms with van der Waals surface area (Å²) < 4.78 is 15.0. The van der Waals surface area contributed by atoms with Crippen LogP contribution in [-0.2, 0) is 4.74 Å². The van der Waals surface area contributed by atoms with E-state index in [0.717, 1.165) is 6.42 Å². The number of hydrogen-bond acceptors (Lipinski definition) is 8. The van der Waals surface area contributed by atoms with Gasteiger partial charge in [0.25, 0.3) is 0 Å². The van der Waals surface area contributed by atoms with Crippen molar-refractivity contribution in [3.8, 4) is 12.0 Å². The van der Waals surface area contributed by atoms with E-state index in [2.05, 4.69) is 20.3 Å². The first kappa shape index (κ1) is 14.4. The van der Waals surface area contributed by atoms with Crippen LogP contribution in [0.2, 0.25) is 0 Å². The van der Waals surface area contributed by atoms with Crippen molar-refractivity contribution in [3.05, 3.63) is 0 Å². The number of anilines is 1. The lowest BCUT2D eigenvalue weighted by atomic mass is 10.2. The maximum atomic E-state index is 5.53. The van der Waals surface area contributed by atoms with Gasteiger partial charge in [-0.05, 0) is 13.0 Å². The van der Waals surface area contributed by atoms with Crippen LogP contribution in [0.1, 0.15) is 6.42 Å². The lowest BCUT2D eigenvalue weighted by Crippen LogP contribution is -2.28. The Morgan fingerprint density at radius 3 is 2.17 bits per heavy atom. The molecular formula is C10H19N5O3. The highest BCUT2D eigenvalue weighted by molar-refractivity contribution is 5.29. The normalized spacial score (nSPS) is 12.0. The van der Waals surface area contributed by atoms with Gasteiger partial charge >= 0.3 is 12.0 Å². The Morgan fingerprint density at radius 2 is 1.72 bits per heavy atom. The molecule has 0 fully saturated rings. The monoisotopic (exact) mass is 257 g/mol. The van der Waals surface area contributed by atoms with Crippen LogP contribution in [0.15, 0.2) is 0 Å². The fourth-order valence-electron chi connectivity index (χ4n) is 1.37. The first-order chi connectivity index (χ1) is 8.73. The zero-order valence-electron chi connectivity index (χ0n) is 10.8. The SMILES string of the molecule is COCC(CCN)Nc1nc(OC)nc(OC)n1. The molecule has 0 saturated carbocycles. The summed E-state index contributed by atoms with van der Waals surface area (Å²) in [5.74, 6) is 0.370. The zero-order chi connectivity index (χ0) is 13.4. The summed E-state index contributed by atoms with van der Waals surface area (Å²) in [6, 6.07) is 0.401. The highest BCUT2D eigenvalue weighted by atomic mass is 16.5. The third kappa shape index (κ3) is 4.30. The topological polar surface area (TPSA) is 104 Å². The first-order valence-electron chi connectivity index (χ1n) is 5.53. The predicted octanol–water partition coefficient (Wildman–Crippen LogP) is -0.335. The smallest absolute Gasteiger partial charge is 0.324 e. The molecule has 0 amide bonds. The molecule has 0 spiro atoms. The standard InChI is InChI=1S/C10H19N5O3/c1-16-6-7(4-5-11)12-8-13-9(17-2)15-10(14-8)18-3/h7H,4-6,11H2,1-3H3,(H,12,13,14,15).